The van der Waals surface area contributed by atoms with Crippen molar-refractivity contribution in [1.82, 2.24) is 4.31 Å². The number of benzene rings is 2. The van der Waals surface area contributed by atoms with Crippen molar-refractivity contribution in [3.63, 3.8) is 0 Å². The molecule has 0 unspecified atom stereocenters. The van der Waals surface area contributed by atoms with E-state index >= 15 is 0 Å². The van der Waals surface area contributed by atoms with E-state index in [0.29, 0.717) is 13.1 Å². The van der Waals surface area contributed by atoms with Crippen LogP contribution in [0.1, 0.15) is 29.6 Å². The van der Waals surface area contributed by atoms with Crippen molar-refractivity contribution in [2.45, 2.75) is 30.3 Å². The third kappa shape index (κ3) is 5.73. The highest BCUT2D eigenvalue weighted by molar-refractivity contribution is 7.89. The van der Waals surface area contributed by atoms with Crippen molar-refractivity contribution < 1.29 is 31.1 Å². The Morgan fingerprint density at radius 3 is 2.43 bits per heavy atom. The molecule has 1 N–H and O–H groups in total. The van der Waals surface area contributed by atoms with Gasteiger partial charge in [-0.05, 0) is 43.2 Å². The number of hydrogen-bond donors (Lipinski definition) is 1. The van der Waals surface area contributed by atoms with E-state index in [2.05, 4.69) is 10.1 Å². The van der Waals surface area contributed by atoms with Crippen LogP contribution in [0.25, 0.3) is 0 Å². The van der Waals surface area contributed by atoms with Crippen LogP contribution in [0.2, 0.25) is 0 Å². The van der Waals surface area contributed by atoms with E-state index in [1.54, 1.807) is 0 Å². The molecule has 1 fully saturated rings. The van der Waals surface area contributed by atoms with E-state index < -0.39 is 28.7 Å². The SMILES string of the molecule is O=C(Nc1cccc(OCC(F)(F)F)c1)c1cccc(S(=O)(=O)N2CCCCC2)c1. The molecule has 10 heteroatoms. The van der Waals surface area contributed by atoms with Crippen molar-refractivity contribution >= 4 is 21.6 Å². The fraction of sp³-hybridized carbons (Fsp3) is 0.350. The lowest BCUT2D eigenvalue weighted by Crippen LogP contribution is -2.35. The zero-order chi connectivity index (χ0) is 21.8. The van der Waals surface area contributed by atoms with E-state index in [1.807, 2.05) is 0 Å². The van der Waals surface area contributed by atoms with Gasteiger partial charge in [0.15, 0.2) is 6.61 Å². The summed E-state index contributed by atoms with van der Waals surface area (Å²) in [5.74, 6) is -0.634. The van der Waals surface area contributed by atoms with Gasteiger partial charge in [0.25, 0.3) is 5.91 Å². The Labute approximate surface area is 172 Å². The Hall–Kier alpha value is -2.59. The lowest BCUT2D eigenvalue weighted by molar-refractivity contribution is -0.153. The zero-order valence-electron chi connectivity index (χ0n) is 16.0. The quantitative estimate of drug-likeness (QED) is 0.732. The number of ether oxygens (including phenoxy) is 1. The number of alkyl halides is 3. The smallest absolute Gasteiger partial charge is 0.422 e. The fourth-order valence-corrected chi connectivity index (χ4v) is 4.65. The van der Waals surface area contributed by atoms with Gasteiger partial charge in [-0.25, -0.2) is 8.42 Å². The molecule has 162 valence electrons. The number of nitrogens with one attached hydrogen (secondary N) is 1. The van der Waals surface area contributed by atoms with Crippen LogP contribution >= 0.6 is 0 Å². The lowest BCUT2D eigenvalue weighted by Gasteiger charge is -2.26. The van der Waals surface area contributed by atoms with Crippen LogP contribution in [0.4, 0.5) is 18.9 Å². The number of sulfonamides is 1. The molecule has 0 aliphatic carbocycles. The lowest BCUT2D eigenvalue weighted by atomic mass is 10.2. The van der Waals surface area contributed by atoms with Gasteiger partial charge in [0, 0.05) is 30.4 Å². The van der Waals surface area contributed by atoms with E-state index in [9.17, 15) is 26.4 Å². The largest absolute Gasteiger partial charge is 0.484 e. The molecule has 1 aliphatic heterocycles. The van der Waals surface area contributed by atoms with Crippen molar-refractivity contribution in [2.24, 2.45) is 0 Å². The van der Waals surface area contributed by atoms with E-state index in [-0.39, 0.29) is 21.9 Å². The Morgan fingerprint density at radius 2 is 1.73 bits per heavy atom. The van der Waals surface area contributed by atoms with Gasteiger partial charge in [-0.3, -0.25) is 4.79 Å². The monoisotopic (exact) mass is 442 g/mol. The number of piperidine rings is 1. The summed E-state index contributed by atoms with van der Waals surface area (Å²) < 4.78 is 68.6. The highest BCUT2D eigenvalue weighted by atomic mass is 32.2. The normalized spacial score (nSPS) is 15.6. The molecule has 0 atom stereocenters. The first kappa shape index (κ1) is 22.1. The second-order valence-electron chi connectivity index (χ2n) is 6.88. The standard InChI is InChI=1S/C20H21F3N2O4S/c21-20(22,23)14-29-17-8-5-7-16(13-17)24-19(26)15-6-4-9-18(12-15)30(27,28)25-10-2-1-3-11-25/h4-9,12-13H,1-3,10-11,14H2,(H,24,26). The molecule has 0 aromatic heterocycles. The summed E-state index contributed by atoms with van der Waals surface area (Å²) in [7, 11) is -3.69. The third-order valence-electron chi connectivity index (χ3n) is 4.54. The predicted molar refractivity (Wildman–Crippen MR) is 105 cm³/mol. The molecule has 2 aromatic rings. The van der Waals surface area contributed by atoms with Crippen molar-refractivity contribution in [2.75, 3.05) is 25.0 Å². The molecule has 1 saturated heterocycles. The first-order chi connectivity index (χ1) is 14.1. The van der Waals surface area contributed by atoms with Crippen LogP contribution < -0.4 is 10.1 Å². The van der Waals surface area contributed by atoms with E-state index in [4.69, 9.17) is 0 Å². The van der Waals surface area contributed by atoms with Gasteiger partial charge >= 0.3 is 6.18 Å². The molecule has 2 aromatic carbocycles. The molecule has 0 bridgehead atoms. The van der Waals surface area contributed by atoms with Gasteiger partial charge in [-0.15, -0.1) is 0 Å². The van der Waals surface area contributed by atoms with Gasteiger partial charge in [-0.2, -0.15) is 17.5 Å². The Kier molecular flexibility index (Phi) is 6.67. The summed E-state index contributed by atoms with van der Waals surface area (Å²) in [6.45, 7) is -0.548. The molecule has 1 aliphatic rings. The van der Waals surface area contributed by atoms with Gasteiger partial charge in [0.1, 0.15) is 5.75 Å². The highest BCUT2D eigenvalue weighted by Crippen LogP contribution is 2.24. The van der Waals surface area contributed by atoms with Gasteiger partial charge in [0.05, 0.1) is 4.90 Å². The van der Waals surface area contributed by atoms with Crippen LogP contribution in [0.15, 0.2) is 53.4 Å². The van der Waals surface area contributed by atoms with E-state index in [0.717, 1.165) is 19.3 Å². The second-order valence-corrected chi connectivity index (χ2v) is 8.82. The molecular formula is C20H21F3N2O4S. The molecule has 0 saturated carbocycles. The number of carbonyl (C=O) groups excluding carboxylic acids is 1. The van der Waals surface area contributed by atoms with Gasteiger partial charge in [-0.1, -0.05) is 18.6 Å². The maximum absolute atomic E-state index is 12.8. The number of halogens is 3. The number of nitrogens with zero attached hydrogens (tertiary/aromatic N) is 1. The topological polar surface area (TPSA) is 75.7 Å². The first-order valence-corrected chi connectivity index (χ1v) is 10.8. The average molecular weight is 442 g/mol. The van der Waals surface area contributed by atoms with Crippen molar-refractivity contribution in [3.8, 4) is 5.75 Å². The molecule has 0 radical (unpaired) electrons. The molecular weight excluding hydrogens is 421 g/mol. The maximum Gasteiger partial charge on any atom is 0.422 e. The molecule has 6 nitrogen and oxygen atoms in total. The van der Waals surface area contributed by atoms with Crippen LogP contribution in [-0.2, 0) is 10.0 Å². The number of rotatable bonds is 6. The minimum atomic E-state index is -4.47. The Balaban J connectivity index is 1.73. The summed E-state index contributed by atoms with van der Waals surface area (Å²) >= 11 is 0. The second kappa shape index (κ2) is 9.05. The summed E-state index contributed by atoms with van der Waals surface area (Å²) in [4.78, 5) is 12.6. The van der Waals surface area contributed by atoms with Gasteiger partial charge < -0.3 is 10.1 Å². The molecule has 1 amide bonds. The molecule has 0 spiro atoms. The van der Waals surface area contributed by atoms with Crippen LogP contribution in [0.5, 0.6) is 5.75 Å². The summed E-state index contributed by atoms with van der Waals surface area (Å²) in [5, 5.41) is 2.55. The van der Waals surface area contributed by atoms with Crippen molar-refractivity contribution in [1.29, 1.82) is 0 Å². The Morgan fingerprint density at radius 1 is 1.03 bits per heavy atom. The number of hydrogen-bond acceptors (Lipinski definition) is 4. The molecule has 30 heavy (non-hydrogen) atoms. The maximum atomic E-state index is 12.8. The Bertz CT molecular complexity index is 1000. The minimum absolute atomic E-state index is 0.0271. The number of carbonyl (C=O) groups is 1. The van der Waals surface area contributed by atoms with Crippen LogP contribution in [0.3, 0.4) is 0 Å². The van der Waals surface area contributed by atoms with Crippen molar-refractivity contribution in [3.05, 3.63) is 54.1 Å². The average Bonchev–Trinajstić information content (AvgIpc) is 2.73. The van der Waals surface area contributed by atoms with Crippen LogP contribution in [0, 0.1) is 0 Å². The summed E-state index contributed by atoms with van der Waals surface area (Å²) in [5.41, 5.74) is 0.346. The van der Waals surface area contributed by atoms with E-state index in [1.165, 1.54) is 52.8 Å². The number of amides is 1. The van der Waals surface area contributed by atoms with Gasteiger partial charge in [0.2, 0.25) is 10.0 Å². The number of anilines is 1. The predicted octanol–water partition coefficient (Wildman–Crippen LogP) is 4.05. The highest BCUT2D eigenvalue weighted by Gasteiger charge is 2.28. The molecule has 1 heterocycles. The third-order valence-corrected chi connectivity index (χ3v) is 6.44. The molecule has 3 rings (SSSR count). The minimum Gasteiger partial charge on any atom is -0.484 e. The summed E-state index contributed by atoms with van der Waals surface area (Å²) in [6, 6.07) is 11.2. The zero-order valence-corrected chi connectivity index (χ0v) is 16.8. The van der Waals surface area contributed by atoms with Crippen LogP contribution in [-0.4, -0.2) is 44.5 Å². The first-order valence-electron chi connectivity index (χ1n) is 9.36. The fourth-order valence-electron chi connectivity index (χ4n) is 3.08. The summed E-state index contributed by atoms with van der Waals surface area (Å²) in [6.07, 6.45) is -1.89.